The zero-order chi connectivity index (χ0) is 23.4. The maximum atomic E-state index is 13.1. The van der Waals surface area contributed by atoms with Crippen LogP contribution < -0.4 is 5.32 Å². The highest BCUT2D eigenvalue weighted by molar-refractivity contribution is 5.95. The molecule has 2 aliphatic heterocycles. The van der Waals surface area contributed by atoms with Crippen molar-refractivity contribution in [2.45, 2.75) is 46.2 Å². The largest absolute Gasteiger partial charge is 0.463 e. The molecule has 3 rings (SSSR count). The Balaban J connectivity index is 1.97. The summed E-state index contributed by atoms with van der Waals surface area (Å²) in [4.78, 5) is 43.8. The molecule has 1 fully saturated rings. The van der Waals surface area contributed by atoms with Crippen LogP contribution in [0.4, 0.5) is 4.79 Å². The van der Waals surface area contributed by atoms with Gasteiger partial charge < -0.3 is 15.0 Å². The first kappa shape index (κ1) is 23.8. The lowest BCUT2D eigenvalue weighted by atomic mass is 9.91. The minimum absolute atomic E-state index is 0.0673. The van der Waals surface area contributed by atoms with Crippen LogP contribution in [0.15, 0.2) is 35.5 Å². The van der Waals surface area contributed by atoms with Crippen molar-refractivity contribution in [2.75, 3.05) is 39.8 Å². The van der Waals surface area contributed by atoms with Gasteiger partial charge in [-0.25, -0.2) is 9.59 Å². The average Bonchev–Trinajstić information content (AvgIpc) is 2.77. The summed E-state index contributed by atoms with van der Waals surface area (Å²) in [6, 6.07) is 6.97. The highest BCUT2D eigenvalue weighted by Crippen LogP contribution is 2.33. The molecule has 2 unspecified atom stereocenters. The van der Waals surface area contributed by atoms with E-state index in [0.717, 1.165) is 11.1 Å². The van der Waals surface area contributed by atoms with E-state index in [1.54, 1.807) is 14.0 Å². The van der Waals surface area contributed by atoms with E-state index < -0.39 is 12.0 Å². The Labute approximate surface area is 190 Å². The minimum Gasteiger partial charge on any atom is -0.463 e. The molecule has 8 heteroatoms. The van der Waals surface area contributed by atoms with Crippen molar-refractivity contribution in [3.63, 3.8) is 0 Å². The van der Waals surface area contributed by atoms with Gasteiger partial charge in [0.05, 0.1) is 18.2 Å². The summed E-state index contributed by atoms with van der Waals surface area (Å²) in [5, 5.41) is 2.98. The Bertz CT molecular complexity index is 913. The van der Waals surface area contributed by atoms with Gasteiger partial charge in [0.15, 0.2) is 0 Å². The quantitative estimate of drug-likeness (QED) is 0.685. The second-order valence-electron chi connectivity index (χ2n) is 8.40. The Hall–Kier alpha value is -2.87. The molecule has 0 aliphatic carbocycles. The number of aryl methyl sites for hydroxylation is 1. The van der Waals surface area contributed by atoms with E-state index in [9.17, 15) is 14.4 Å². The molecule has 2 aliphatic rings. The smallest absolute Gasteiger partial charge is 0.338 e. The molecule has 2 atom stereocenters. The van der Waals surface area contributed by atoms with Gasteiger partial charge in [-0.3, -0.25) is 14.6 Å². The second kappa shape index (κ2) is 10.2. The number of nitrogens with zero attached hydrogens (tertiary/aromatic N) is 3. The van der Waals surface area contributed by atoms with Crippen LogP contribution in [0, 0.1) is 6.92 Å². The molecule has 0 saturated carbocycles. The van der Waals surface area contributed by atoms with Crippen molar-refractivity contribution < 1.29 is 19.1 Å². The third-order valence-corrected chi connectivity index (χ3v) is 6.28. The molecule has 1 aromatic rings. The first-order valence-corrected chi connectivity index (χ1v) is 11.3. The maximum Gasteiger partial charge on any atom is 0.338 e. The van der Waals surface area contributed by atoms with E-state index in [1.165, 1.54) is 4.90 Å². The lowest BCUT2D eigenvalue weighted by Gasteiger charge is -2.42. The fraction of sp³-hybridized carbons (Fsp3) is 0.542. The molecular formula is C24H34N4O4. The topological polar surface area (TPSA) is 82.2 Å². The van der Waals surface area contributed by atoms with Crippen LogP contribution in [-0.2, 0) is 14.3 Å². The number of hydrogen-bond acceptors (Lipinski definition) is 5. The third kappa shape index (κ3) is 4.80. The number of esters is 1. The highest BCUT2D eigenvalue weighted by atomic mass is 16.5. The molecule has 0 spiro atoms. The van der Waals surface area contributed by atoms with Gasteiger partial charge >= 0.3 is 12.0 Å². The summed E-state index contributed by atoms with van der Waals surface area (Å²) in [7, 11) is 1.68. The molecule has 3 amide bonds. The predicted octanol–water partition coefficient (Wildman–Crippen LogP) is 2.45. The molecule has 32 heavy (non-hydrogen) atoms. The zero-order valence-electron chi connectivity index (χ0n) is 19.7. The number of hydrogen-bond donors (Lipinski definition) is 1. The van der Waals surface area contributed by atoms with Gasteiger partial charge in [0, 0.05) is 51.4 Å². The van der Waals surface area contributed by atoms with Crippen LogP contribution in [0.1, 0.15) is 44.4 Å². The molecule has 0 bridgehead atoms. The third-order valence-electron chi connectivity index (χ3n) is 6.28. The van der Waals surface area contributed by atoms with Crippen LogP contribution in [0.3, 0.4) is 0 Å². The Morgan fingerprint density at radius 2 is 1.91 bits per heavy atom. The molecule has 0 radical (unpaired) electrons. The average molecular weight is 443 g/mol. The summed E-state index contributed by atoms with van der Waals surface area (Å²) < 4.78 is 5.41. The SMILES string of the molecule is CCOC(=O)C1=C(CN2CCN(C(=O)CC)C(C)C2)N(C)C(=O)NC1c1ccccc1C. The summed E-state index contributed by atoms with van der Waals surface area (Å²) in [5.74, 6) is -0.271. The predicted molar refractivity (Wildman–Crippen MR) is 122 cm³/mol. The molecule has 8 nitrogen and oxygen atoms in total. The van der Waals surface area contributed by atoms with E-state index in [2.05, 4.69) is 10.2 Å². The van der Waals surface area contributed by atoms with Crippen LogP contribution in [0.5, 0.6) is 0 Å². The van der Waals surface area contributed by atoms with E-state index in [0.29, 0.717) is 43.9 Å². The van der Waals surface area contributed by atoms with Crippen molar-refractivity contribution in [3.8, 4) is 0 Å². The number of amides is 3. The Morgan fingerprint density at radius 3 is 2.53 bits per heavy atom. The normalized spacial score (nSPS) is 22.1. The number of carbonyl (C=O) groups is 3. The van der Waals surface area contributed by atoms with E-state index in [4.69, 9.17) is 4.74 Å². The fourth-order valence-corrected chi connectivity index (χ4v) is 4.50. The van der Waals surface area contributed by atoms with Crippen LogP contribution >= 0.6 is 0 Å². The van der Waals surface area contributed by atoms with Gasteiger partial charge in [-0.15, -0.1) is 0 Å². The lowest BCUT2D eigenvalue weighted by Crippen LogP contribution is -2.56. The summed E-state index contributed by atoms with van der Waals surface area (Å²) in [6.45, 7) is 10.3. The minimum atomic E-state index is -0.575. The van der Waals surface area contributed by atoms with Gasteiger partial charge in [0.2, 0.25) is 5.91 Å². The Kier molecular flexibility index (Phi) is 7.56. The van der Waals surface area contributed by atoms with Crippen LogP contribution in [0.2, 0.25) is 0 Å². The first-order valence-electron chi connectivity index (χ1n) is 11.3. The van der Waals surface area contributed by atoms with E-state index in [-0.39, 0.29) is 24.6 Å². The van der Waals surface area contributed by atoms with Crippen molar-refractivity contribution in [1.29, 1.82) is 0 Å². The molecular weight excluding hydrogens is 408 g/mol. The molecule has 1 aromatic carbocycles. The number of rotatable bonds is 6. The van der Waals surface area contributed by atoms with E-state index >= 15 is 0 Å². The Morgan fingerprint density at radius 1 is 1.19 bits per heavy atom. The van der Waals surface area contributed by atoms with Crippen molar-refractivity contribution in [3.05, 3.63) is 46.7 Å². The fourth-order valence-electron chi connectivity index (χ4n) is 4.50. The zero-order valence-corrected chi connectivity index (χ0v) is 19.7. The van der Waals surface area contributed by atoms with Gasteiger partial charge in [-0.1, -0.05) is 31.2 Å². The number of carbonyl (C=O) groups excluding carboxylic acids is 3. The summed E-state index contributed by atoms with van der Waals surface area (Å²) in [5.41, 5.74) is 2.97. The molecule has 174 valence electrons. The standard InChI is InChI=1S/C24H34N4O4/c1-6-20(29)28-13-12-27(14-17(28)4)15-19-21(23(30)32-7-2)22(25-24(31)26(19)5)18-11-9-8-10-16(18)3/h8-11,17,22H,6-7,12-15H2,1-5H3,(H,25,31). The van der Waals surface area contributed by atoms with Gasteiger partial charge in [0.1, 0.15) is 0 Å². The number of urea groups is 1. The number of likely N-dealkylation sites (N-methyl/N-ethyl adjacent to an activating group) is 1. The van der Waals surface area contributed by atoms with Crippen molar-refractivity contribution >= 4 is 17.9 Å². The molecule has 1 saturated heterocycles. The van der Waals surface area contributed by atoms with Crippen LogP contribution in [-0.4, -0.2) is 78.5 Å². The van der Waals surface area contributed by atoms with Crippen LogP contribution in [0.25, 0.3) is 0 Å². The summed E-state index contributed by atoms with van der Waals surface area (Å²) >= 11 is 0. The first-order chi connectivity index (χ1) is 15.3. The number of piperazine rings is 1. The van der Waals surface area contributed by atoms with Gasteiger partial charge in [-0.2, -0.15) is 0 Å². The highest BCUT2D eigenvalue weighted by Gasteiger charge is 2.38. The number of nitrogens with one attached hydrogen (secondary N) is 1. The molecule has 0 aromatic heterocycles. The lowest BCUT2D eigenvalue weighted by molar-refractivity contribution is -0.139. The van der Waals surface area contributed by atoms with Gasteiger partial charge in [-0.05, 0) is 31.9 Å². The van der Waals surface area contributed by atoms with Crippen molar-refractivity contribution in [2.24, 2.45) is 0 Å². The number of benzene rings is 1. The molecule has 2 heterocycles. The second-order valence-corrected chi connectivity index (χ2v) is 8.40. The number of ether oxygens (including phenoxy) is 1. The van der Waals surface area contributed by atoms with Gasteiger partial charge in [0.25, 0.3) is 0 Å². The van der Waals surface area contributed by atoms with E-state index in [1.807, 2.05) is 49.9 Å². The summed E-state index contributed by atoms with van der Waals surface area (Å²) in [6.07, 6.45) is 0.490. The maximum absolute atomic E-state index is 13.1. The molecule has 1 N–H and O–H groups in total. The van der Waals surface area contributed by atoms with Crippen molar-refractivity contribution in [1.82, 2.24) is 20.0 Å². The monoisotopic (exact) mass is 442 g/mol.